The minimum atomic E-state index is -0.263. The number of hydrogen-bond acceptors (Lipinski definition) is 3. The fourth-order valence-electron chi connectivity index (χ4n) is 2.72. The van der Waals surface area contributed by atoms with Crippen molar-refractivity contribution in [3.63, 3.8) is 0 Å². The predicted octanol–water partition coefficient (Wildman–Crippen LogP) is 4.40. The number of nitrogens with zero attached hydrogens (tertiary/aromatic N) is 1. The van der Waals surface area contributed by atoms with E-state index >= 15 is 0 Å². The van der Waals surface area contributed by atoms with Crippen molar-refractivity contribution in [2.45, 2.75) is 26.3 Å². The Hall–Kier alpha value is -3.12. The van der Waals surface area contributed by atoms with E-state index in [0.717, 1.165) is 23.2 Å². The third kappa shape index (κ3) is 5.20. The van der Waals surface area contributed by atoms with E-state index in [-0.39, 0.29) is 11.8 Å². The van der Waals surface area contributed by atoms with Gasteiger partial charge in [-0.3, -0.25) is 14.7 Å². The smallest absolute Gasteiger partial charge is 0.269 e. The Morgan fingerprint density at radius 3 is 2.71 bits per heavy atom. The average Bonchev–Trinajstić information content (AvgIpc) is 3.17. The highest BCUT2D eigenvalue weighted by molar-refractivity contribution is 6.30. The SMILES string of the molecule is CCCC(=O)Nc1cccc(CNC(=O)c2cc(-c3cccc(Cl)c3)n[nH]2)c1. The minimum absolute atomic E-state index is 0.0188. The normalized spacial score (nSPS) is 10.5. The third-order valence-corrected chi connectivity index (χ3v) is 4.32. The van der Waals surface area contributed by atoms with E-state index < -0.39 is 0 Å². The first-order valence-corrected chi connectivity index (χ1v) is 9.41. The van der Waals surface area contributed by atoms with Gasteiger partial charge < -0.3 is 10.6 Å². The summed E-state index contributed by atoms with van der Waals surface area (Å²) in [6, 6.07) is 16.4. The first-order chi connectivity index (χ1) is 13.5. The Kier molecular flexibility index (Phi) is 6.45. The van der Waals surface area contributed by atoms with Gasteiger partial charge in [-0.15, -0.1) is 0 Å². The Bertz CT molecular complexity index is 984. The molecule has 2 aromatic carbocycles. The Morgan fingerprint density at radius 1 is 1.11 bits per heavy atom. The molecule has 0 saturated carbocycles. The number of nitrogens with one attached hydrogen (secondary N) is 3. The van der Waals surface area contributed by atoms with E-state index in [1.54, 1.807) is 18.2 Å². The molecule has 3 N–H and O–H groups in total. The number of aromatic amines is 1. The van der Waals surface area contributed by atoms with Crippen LogP contribution in [0.5, 0.6) is 0 Å². The second-order valence-corrected chi connectivity index (χ2v) is 6.79. The van der Waals surface area contributed by atoms with E-state index in [0.29, 0.717) is 29.4 Å². The number of rotatable bonds is 7. The highest BCUT2D eigenvalue weighted by Gasteiger charge is 2.11. The van der Waals surface area contributed by atoms with E-state index in [2.05, 4.69) is 20.8 Å². The van der Waals surface area contributed by atoms with E-state index in [4.69, 9.17) is 11.6 Å². The molecule has 28 heavy (non-hydrogen) atoms. The number of carbonyl (C=O) groups excluding carboxylic acids is 2. The maximum atomic E-state index is 12.4. The van der Waals surface area contributed by atoms with Gasteiger partial charge in [0.15, 0.2) is 0 Å². The molecule has 0 fully saturated rings. The monoisotopic (exact) mass is 396 g/mol. The number of aromatic nitrogens is 2. The summed E-state index contributed by atoms with van der Waals surface area (Å²) in [4.78, 5) is 24.1. The molecule has 0 aliphatic carbocycles. The molecule has 0 atom stereocenters. The molecule has 2 amide bonds. The van der Waals surface area contributed by atoms with Crippen molar-refractivity contribution >= 4 is 29.1 Å². The molecular weight excluding hydrogens is 376 g/mol. The lowest BCUT2D eigenvalue weighted by Crippen LogP contribution is -2.23. The molecule has 0 aliphatic rings. The van der Waals surface area contributed by atoms with Crippen LogP contribution in [0, 0.1) is 0 Å². The minimum Gasteiger partial charge on any atom is -0.347 e. The number of benzene rings is 2. The number of halogens is 1. The Labute approximate surface area is 168 Å². The summed E-state index contributed by atoms with van der Waals surface area (Å²) in [7, 11) is 0. The molecule has 0 aliphatic heterocycles. The summed E-state index contributed by atoms with van der Waals surface area (Å²) in [5, 5.41) is 13.2. The summed E-state index contributed by atoms with van der Waals surface area (Å²) >= 11 is 6.00. The fourth-order valence-corrected chi connectivity index (χ4v) is 2.91. The molecule has 6 nitrogen and oxygen atoms in total. The molecule has 0 unspecified atom stereocenters. The van der Waals surface area contributed by atoms with Crippen LogP contribution in [0.25, 0.3) is 11.3 Å². The molecule has 7 heteroatoms. The van der Waals surface area contributed by atoms with Crippen molar-refractivity contribution in [3.8, 4) is 11.3 Å². The van der Waals surface area contributed by atoms with Crippen LogP contribution in [-0.4, -0.2) is 22.0 Å². The second kappa shape index (κ2) is 9.19. The van der Waals surface area contributed by atoms with Gasteiger partial charge in [-0.25, -0.2) is 0 Å². The van der Waals surface area contributed by atoms with Crippen molar-refractivity contribution in [2.24, 2.45) is 0 Å². The van der Waals surface area contributed by atoms with Gasteiger partial charge in [-0.1, -0.05) is 42.8 Å². The van der Waals surface area contributed by atoms with Crippen LogP contribution in [-0.2, 0) is 11.3 Å². The first kappa shape index (κ1) is 19.6. The van der Waals surface area contributed by atoms with Crippen LogP contribution in [0.3, 0.4) is 0 Å². The summed E-state index contributed by atoms with van der Waals surface area (Å²) < 4.78 is 0. The van der Waals surface area contributed by atoms with E-state index in [1.165, 1.54) is 0 Å². The molecular formula is C21H21ClN4O2. The van der Waals surface area contributed by atoms with E-state index in [9.17, 15) is 9.59 Å². The lowest BCUT2D eigenvalue weighted by molar-refractivity contribution is -0.116. The van der Waals surface area contributed by atoms with Gasteiger partial charge in [0.25, 0.3) is 5.91 Å². The maximum Gasteiger partial charge on any atom is 0.269 e. The second-order valence-electron chi connectivity index (χ2n) is 6.36. The standard InChI is InChI=1S/C21H21ClN4O2/c1-2-5-20(27)24-17-9-3-6-14(10-17)13-23-21(28)19-12-18(25-26-19)15-7-4-8-16(22)11-15/h3-4,6-12H,2,5,13H2,1H3,(H,23,28)(H,24,27)(H,25,26). The van der Waals surface area contributed by atoms with Gasteiger partial charge in [0.05, 0.1) is 5.69 Å². The molecule has 1 aromatic heterocycles. The zero-order valence-electron chi connectivity index (χ0n) is 15.5. The van der Waals surface area contributed by atoms with Gasteiger partial charge >= 0.3 is 0 Å². The largest absolute Gasteiger partial charge is 0.347 e. The van der Waals surface area contributed by atoms with Crippen molar-refractivity contribution in [1.82, 2.24) is 15.5 Å². The molecule has 0 spiro atoms. The number of anilines is 1. The molecule has 3 rings (SSSR count). The first-order valence-electron chi connectivity index (χ1n) is 9.03. The highest BCUT2D eigenvalue weighted by Crippen LogP contribution is 2.21. The number of amides is 2. The van der Waals surface area contributed by atoms with Crippen LogP contribution >= 0.6 is 11.6 Å². The highest BCUT2D eigenvalue weighted by atomic mass is 35.5. The average molecular weight is 397 g/mol. The molecule has 0 bridgehead atoms. The predicted molar refractivity (Wildman–Crippen MR) is 110 cm³/mol. The maximum absolute atomic E-state index is 12.4. The zero-order chi connectivity index (χ0) is 19.9. The van der Waals surface area contributed by atoms with Gasteiger partial charge in [0.1, 0.15) is 5.69 Å². The Balaban J connectivity index is 1.61. The van der Waals surface area contributed by atoms with Crippen molar-refractivity contribution in [2.75, 3.05) is 5.32 Å². The van der Waals surface area contributed by atoms with Crippen LogP contribution in [0.15, 0.2) is 54.6 Å². The quantitative estimate of drug-likeness (QED) is 0.553. The molecule has 0 radical (unpaired) electrons. The van der Waals surface area contributed by atoms with Crippen molar-refractivity contribution in [3.05, 3.63) is 70.9 Å². The van der Waals surface area contributed by atoms with Gasteiger partial charge in [-0.05, 0) is 42.3 Å². The Morgan fingerprint density at radius 2 is 1.93 bits per heavy atom. The summed E-state index contributed by atoms with van der Waals surface area (Å²) in [5.74, 6) is -0.282. The number of H-pyrrole nitrogens is 1. The fraction of sp³-hybridized carbons (Fsp3) is 0.190. The van der Waals surface area contributed by atoms with E-state index in [1.807, 2.05) is 43.3 Å². The third-order valence-electron chi connectivity index (χ3n) is 4.08. The van der Waals surface area contributed by atoms with Gasteiger partial charge in [0.2, 0.25) is 5.91 Å². The zero-order valence-corrected chi connectivity index (χ0v) is 16.2. The molecule has 1 heterocycles. The lowest BCUT2D eigenvalue weighted by Gasteiger charge is -2.08. The van der Waals surface area contributed by atoms with Gasteiger partial charge in [-0.2, -0.15) is 5.10 Å². The van der Waals surface area contributed by atoms with Crippen molar-refractivity contribution in [1.29, 1.82) is 0 Å². The molecule has 144 valence electrons. The van der Waals surface area contributed by atoms with Crippen LogP contribution in [0.1, 0.15) is 35.8 Å². The van der Waals surface area contributed by atoms with Crippen LogP contribution in [0.2, 0.25) is 5.02 Å². The molecule has 0 saturated heterocycles. The summed E-state index contributed by atoms with van der Waals surface area (Å²) in [5.41, 5.74) is 3.45. The van der Waals surface area contributed by atoms with Crippen LogP contribution in [0.4, 0.5) is 5.69 Å². The van der Waals surface area contributed by atoms with Crippen molar-refractivity contribution < 1.29 is 9.59 Å². The number of carbonyl (C=O) groups is 2. The summed E-state index contributed by atoms with van der Waals surface area (Å²) in [6.07, 6.45) is 1.28. The van der Waals surface area contributed by atoms with Gasteiger partial charge in [0, 0.05) is 29.2 Å². The summed E-state index contributed by atoms with van der Waals surface area (Å²) in [6.45, 7) is 2.29. The topological polar surface area (TPSA) is 86.9 Å². The van der Waals surface area contributed by atoms with Crippen LogP contribution < -0.4 is 10.6 Å². The lowest BCUT2D eigenvalue weighted by atomic mass is 10.1. The molecule has 3 aromatic rings. The number of hydrogen-bond donors (Lipinski definition) is 3.